The molecule has 3 heteroatoms. The third kappa shape index (κ3) is 3.66. The number of rotatable bonds is 3. The first-order valence-corrected chi connectivity index (χ1v) is 7.51. The van der Waals surface area contributed by atoms with Crippen molar-refractivity contribution in [2.75, 3.05) is 5.75 Å². The molecule has 1 heterocycles. The fraction of sp³-hybridized carbons (Fsp3) is 0.600. The van der Waals surface area contributed by atoms with Crippen LogP contribution in [0.1, 0.15) is 33.6 Å². The van der Waals surface area contributed by atoms with Crippen molar-refractivity contribution in [3.05, 3.63) is 24.3 Å². The second-order valence-electron chi connectivity index (χ2n) is 6.08. The molecule has 0 aliphatic carbocycles. The van der Waals surface area contributed by atoms with Crippen LogP contribution in [0.15, 0.2) is 29.2 Å². The summed E-state index contributed by atoms with van der Waals surface area (Å²) in [4.78, 5) is 1.18. The fourth-order valence-electron chi connectivity index (χ4n) is 1.99. The first-order chi connectivity index (χ1) is 8.46. The van der Waals surface area contributed by atoms with Crippen molar-refractivity contribution in [3.8, 4) is 5.75 Å². The van der Waals surface area contributed by atoms with Crippen molar-refractivity contribution in [2.45, 2.75) is 50.7 Å². The van der Waals surface area contributed by atoms with Gasteiger partial charge in [-0.2, -0.15) is 0 Å². The van der Waals surface area contributed by atoms with Gasteiger partial charge in [0, 0.05) is 10.6 Å². The molecule has 0 spiro atoms. The van der Waals surface area contributed by atoms with E-state index >= 15 is 0 Å². The molecular formula is C15H22O2S. The second-order valence-corrected chi connectivity index (χ2v) is 7.14. The van der Waals surface area contributed by atoms with Gasteiger partial charge in [0.05, 0.1) is 6.10 Å². The summed E-state index contributed by atoms with van der Waals surface area (Å²) in [5.41, 5.74) is 0.265. The molecule has 1 N–H and O–H groups in total. The highest BCUT2D eigenvalue weighted by atomic mass is 32.2. The standard InChI is InChI=1S/C15H22O2S/c1-15(2,3)9-8-11(16)13-10-18-14-7-5-4-6-12(14)17-13/h4-7,11,13,16H,8-10H2,1-3H3. The van der Waals surface area contributed by atoms with Gasteiger partial charge in [-0.1, -0.05) is 32.9 Å². The van der Waals surface area contributed by atoms with Gasteiger partial charge >= 0.3 is 0 Å². The Labute approximate surface area is 114 Å². The van der Waals surface area contributed by atoms with E-state index < -0.39 is 0 Å². The van der Waals surface area contributed by atoms with Crippen LogP contribution in [0.25, 0.3) is 0 Å². The quantitative estimate of drug-likeness (QED) is 0.904. The van der Waals surface area contributed by atoms with Gasteiger partial charge in [0.2, 0.25) is 0 Å². The molecule has 100 valence electrons. The SMILES string of the molecule is CC(C)(C)CCC(O)C1CSc2ccccc2O1. The number of ether oxygens (including phenoxy) is 1. The average molecular weight is 266 g/mol. The molecule has 2 rings (SSSR count). The molecule has 2 nitrogen and oxygen atoms in total. The van der Waals surface area contributed by atoms with Crippen molar-refractivity contribution in [2.24, 2.45) is 5.41 Å². The Balaban J connectivity index is 1.92. The molecule has 0 saturated heterocycles. The predicted octanol–water partition coefficient (Wildman–Crippen LogP) is 3.73. The first kappa shape index (κ1) is 13.8. The lowest BCUT2D eigenvalue weighted by Crippen LogP contribution is -2.36. The Morgan fingerprint density at radius 2 is 2.11 bits per heavy atom. The Morgan fingerprint density at radius 1 is 1.39 bits per heavy atom. The molecule has 0 saturated carbocycles. The molecule has 1 aromatic rings. The third-order valence-corrected chi connectivity index (χ3v) is 4.29. The Bertz CT molecular complexity index is 398. The van der Waals surface area contributed by atoms with E-state index in [0.29, 0.717) is 0 Å². The van der Waals surface area contributed by atoms with E-state index in [0.717, 1.165) is 24.3 Å². The number of hydrogen-bond donors (Lipinski definition) is 1. The Hall–Kier alpha value is -0.670. The molecule has 1 aliphatic heterocycles. The average Bonchev–Trinajstić information content (AvgIpc) is 2.34. The van der Waals surface area contributed by atoms with Crippen LogP contribution in [0.3, 0.4) is 0 Å². The fourth-order valence-corrected chi connectivity index (χ4v) is 3.06. The van der Waals surface area contributed by atoms with Crippen molar-refractivity contribution in [3.63, 3.8) is 0 Å². The van der Waals surface area contributed by atoms with E-state index in [1.807, 2.05) is 18.2 Å². The van der Waals surface area contributed by atoms with Crippen LogP contribution in [0.5, 0.6) is 5.75 Å². The van der Waals surface area contributed by atoms with E-state index in [9.17, 15) is 5.11 Å². The van der Waals surface area contributed by atoms with Gasteiger partial charge in [0.1, 0.15) is 11.9 Å². The highest BCUT2D eigenvalue weighted by molar-refractivity contribution is 7.99. The van der Waals surface area contributed by atoms with Crippen LogP contribution >= 0.6 is 11.8 Å². The smallest absolute Gasteiger partial charge is 0.134 e. The summed E-state index contributed by atoms with van der Waals surface area (Å²) in [6, 6.07) is 8.04. The lowest BCUT2D eigenvalue weighted by atomic mass is 9.88. The van der Waals surface area contributed by atoms with Gasteiger partial charge in [0.15, 0.2) is 0 Å². The minimum atomic E-state index is -0.370. The monoisotopic (exact) mass is 266 g/mol. The Kier molecular flexibility index (Phi) is 4.23. The van der Waals surface area contributed by atoms with Crippen LogP contribution in [-0.2, 0) is 0 Å². The lowest BCUT2D eigenvalue weighted by Gasteiger charge is -2.30. The van der Waals surface area contributed by atoms with E-state index in [1.165, 1.54) is 4.90 Å². The maximum absolute atomic E-state index is 10.2. The summed E-state index contributed by atoms with van der Waals surface area (Å²) < 4.78 is 5.89. The van der Waals surface area contributed by atoms with Crippen molar-refractivity contribution >= 4 is 11.8 Å². The molecular weight excluding hydrogens is 244 g/mol. The number of aliphatic hydroxyl groups excluding tert-OH is 1. The van der Waals surface area contributed by atoms with Gasteiger partial charge in [-0.3, -0.25) is 0 Å². The number of thioether (sulfide) groups is 1. The molecule has 1 aliphatic rings. The van der Waals surface area contributed by atoms with Crippen LogP contribution in [-0.4, -0.2) is 23.1 Å². The normalized spacial score (nSPS) is 21.0. The molecule has 2 atom stereocenters. The van der Waals surface area contributed by atoms with E-state index in [4.69, 9.17) is 4.74 Å². The summed E-state index contributed by atoms with van der Waals surface area (Å²) >= 11 is 1.77. The minimum Gasteiger partial charge on any atom is -0.486 e. The van der Waals surface area contributed by atoms with Gasteiger partial charge < -0.3 is 9.84 Å². The predicted molar refractivity (Wildman–Crippen MR) is 76.3 cm³/mol. The molecule has 0 bridgehead atoms. The van der Waals surface area contributed by atoms with E-state index in [-0.39, 0.29) is 17.6 Å². The highest BCUT2D eigenvalue weighted by Gasteiger charge is 2.27. The highest BCUT2D eigenvalue weighted by Crippen LogP contribution is 2.36. The lowest BCUT2D eigenvalue weighted by molar-refractivity contribution is 0.0336. The van der Waals surface area contributed by atoms with Crippen LogP contribution in [0.4, 0.5) is 0 Å². The summed E-state index contributed by atoms with van der Waals surface area (Å²) in [6.45, 7) is 6.60. The van der Waals surface area contributed by atoms with Crippen LogP contribution in [0, 0.1) is 5.41 Å². The summed E-state index contributed by atoms with van der Waals surface area (Å²) in [6.07, 6.45) is 1.37. The minimum absolute atomic E-state index is 0.0766. The molecule has 0 radical (unpaired) electrons. The first-order valence-electron chi connectivity index (χ1n) is 6.52. The number of hydrogen-bond acceptors (Lipinski definition) is 3. The summed E-state index contributed by atoms with van der Waals surface area (Å²) in [5, 5.41) is 10.2. The maximum atomic E-state index is 10.2. The van der Waals surface area contributed by atoms with Crippen LogP contribution in [0.2, 0.25) is 0 Å². The number of aliphatic hydroxyl groups is 1. The molecule has 2 unspecified atom stereocenters. The van der Waals surface area contributed by atoms with Crippen molar-refractivity contribution in [1.82, 2.24) is 0 Å². The number of para-hydroxylation sites is 1. The number of benzene rings is 1. The zero-order valence-corrected chi connectivity index (χ0v) is 12.2. The zero-order valence-electron chi connectivity index (χ0n) is 11.3. The third-order valence-electron chi connectivity index (χ3n) is 3.15. The molecule has 0 amide bonds. The second kappa shape index (κ2) is 5.54. The molecule has 18 heavy (non-hydrogen) atoms. The maximum Gasteiger partial charge on any atom is 0.134 e. The van der Waals surface area contributed by atoms with Gasteiger partial charge in [-0.25, -0.2) is 0 Å². The molecule has 0 aromatic heterocycles. The van der Waals surface area contributed by atoms with E-state index in [1.54, 1.807) is 11.8 Å². The molecule has 1 aromatic carbocycles. The summed E-state index contributed by atoms with van der Waals surface area (Å²) in [7, 11) is 0. The van der Waals surface area contributed by atoms with Crippen LogP contribution < -0.4 is 4.74 Å². The summed E-state index contributed by atoms with van der Waals surface area (Å²) in [5.74, 6) is 1.75. The van der Waals surface area contributed by atoms with Gasteiger partial charge in [-0.15, -0.1) is 11.8 Å². The van der Waals surface area contributed by atoms with Gasteiger partial charge in [-0.05, 0) is 30.4 Å². The number of fused-ring (bicyclic) bond motifs is 1. The van der Waals surface area contributed by atoms with Gasteiger partial charge in [0.25, 0.3) is 0 Å². The topological polar surface area (TPSA) is 29.5 Å². The van der Waals surface area contributed by atoms with Crippen molar-refractivity contribution in [1.29, 1.82) is 0 Å². The largest absolute Gasteiger partial charge is 0.486 e. The zero-order chi connectivity index (χ0) is 13.2. The molecule has 0 fully saturated rings. The van der Waals surface area contributed by atoms with Crippen molar-refractivity contribution < 1.29 is 9.84 Å². The van der Waals surface area contributed by atoms with E-state index in [2.05, 4.69) is 26.8 Å². The Morgan fingerprint density at radius 3 is 2.83 bits per heavy atom.